The van der Waals surface area contributed by atoms with E-state index >= 15 is 0 Å². The molecule has 4 aromatic carbocycles. The number of phenolic OH excluding ortho intramolecular Hbond substituents is 1. The lowest BCUT2D eigenvalue weighted by Crippen LogP contribution is -2.28. The second-order valence-corrected chi connectivity index (χ2v) is 11.3. The molecule has 0 spiro atoms. The molecule has 0 saturated carbocycles. The number of hydrogen-bond donors (Lipinski definition) is 1. The summed E-state index contributed by atoms with van der Waals surface area (Å²) in [5.41, 5.74) is 5.62. The zero-order chi connectivity index (χ0) is 27.5. The first-order valence-corrected chi connectivity index (χ1v) is 14.6. The Bertz CT molecular complexity index is 1530. The van der Waals surface area contributed by atoms with Crippen LogP contribution in [0.5, 0.6) is 5.75 Å². The van der Waals surface area contributed by atoms with E-state index in [9.17, 15) is 13.5 Å². The molecule has 0 aliphatic carbocycles. The highest BCUT2D eigenvalue weighted by atomic mass is 32.2. The molecule has 0 aromatic heterocycles. The van der Waals surface area contributed by atoms with Crippen molar-refractivity contribution in [1.29, 1.82) is 0 Å². The van der Waals surface area contributed by atoms with Gasteiger partial charge in [-0.25, -0.2) is 8.42 Å². The van der Waals surface area contributed by atoms with Crippen LogP contribution in [0.2, 0.25) is 0 Å². The number of sulfonamides is 1. The molecule has 0 aliphatic heterocycles. The third kappa shape index (κ3) is 8.71. The predicted octanol–water partition coefficient (Wildman–Crippen LogP) is 7.14. The first-order chi connectivity index (χ1) is 18.9. The summed E-state index contributed by atoms with van der Waals surface area (Å²) in [7, 11) is -3.73. The Morgan fingerprint density at radius 2 is 1.23 bits per heavy atom. The molecule has 39 heavy (non-hydrogen) atoms. The lowest BCUT2D eigenvalue weighted by Gasteiger charge is -2.21. The Morgan fingerprint density at radius 3 is 1.77 bits per heavy atom. The molecule has 0 unspecified atom stereocenters. The molecule has 0 atom stereocenters. The van der Waals surface area contributed by atoms with E-state index in [1.165, 1.54) is 28.1 Å². The van der Waals surface area contributed by atoms with Crippen LogP contribution in [0, 0.1) is 11.8 Å². The first kappa shape index (κ1) is 27.9. The first-order valence-electron chi connectivity index (χ1n) is 13.1. The molecule has 4 nitrogen and oxygen atoms in total. The van der Waals surface area contributed by atoms with Gasteiger partial charge in [0.25, 0.3) is 0 Å². The van der Waals surface area contributed by atoms with Crippen molar-refractivity contribution >= 4 is 16.1 Å². The Labute approximate surface area is 232 Å². The van der Waals surface area contributed by atoms with Crippen molar-refractivity contribution in [3.63, 3.8) is 0 Å². The largest absolute Gasteiger partial charge is 0.508 e. The lowest BCUT2D eigenvalue weighted by atomic mass is 10.1. The fourth-order valence-corrected chi connectivity index (χ4v) is 5.19. The normalized spacial score (nSPS) is 11.4. The van der Waals surface area contributed by atoms with Gasteiger partial charge in [-0.2, -0.15) is 4.31 Å². The monoisotopic (exact) mass is 535 g/mol. The Morgan fingerprint density at radius 1 is 0.718 bits per heavy atom. The standard InChI is InChI=1S/C34H33NO3S/c1-2-3-7-29-10-12-30(13-11-29)14-15-31-16-18-32(19-17-31)26-35(27-33-20-22-34(36)23-21-33)39(37,38)25-24-28-8-5-4-6-9-28/h4-6,8-13,16-25,36H,2-3,7,26-27H2,1H3. The summed E-state index contributed by atoms with van der Waals surface area (Å²) in [5.74, 6) is 6.55. The van der Waals surface area contributed by atoms with Crippen molar-refractivity contribution in [2.45, 2.75) is 39.3 Å². The minimum Gasteiger partial charge on any atom is -0.508 e. The number of rotatable bonds is 10. The van der Waals surface area contributed by atoms with Crippen LogP contribution in [0.25, 0.3) is 6.08 Å². The second-order valence-electron chi connectivity index (χ2n) is 9.44. The van der Waals surface area contributed by atoms with Gasteiger partial charge in [-0.15, -0.1) is 0 Å². The van der Waals surface area contributed by atoms with Crippen molar-refractivity contribution in [2.24, 2.45) is 0 Å². The van der Waals surface area contributed by atoms with E-state index in [4.69, 9.17) is 0 Å². The van der Waals surface area contributed by atoms with Gasteiger partial charge in [-0.1, -0.05) is 91.9 Å². The van der Waals surface area contributed by atoms with Gasteiger partial charge in [0, 0.05) is 29.6 Å². The SMILES string of the molecule is CCCCc1ccc(C#Cc2ccc(CN(Cc3ccc(O)cc3)S(=O)(=O)C=Cc3ccccc3)cc2)cc1. The van der Waals surface area contributed by atoms with E-state index in [1.54, 1.807) is 30.3 Å². The van der Waals surface area contributed by atoms with Crippen molar-refractivity contribution in [3.8, 4) is 17.6 Å². The van der Waals surface area contributed by atoms with Gasteiger partial charge in [-0.3, -0.25) is 0 Å². The molecule has 0 heterocycles. The lowest BCUT2D eigenvalue weighted by molar-refractivity contribution is 0.407. The van der Waals surface area contributed by atoms with E-state index in [2.05, 4.69) is 43.0 Å². The van der Waals surface area contributed by atoms with Crippen LogP contribution in [-0.4, -0.2) is 17.8 Å². The quantitative estimate of drug-likeness (QED) is 0.220. The molecule has 198 valence electrons. The van der Waals surface area contributed by atoms with Gasteiger partial charge in [0.15, 0.2) is 0 Å². The molecule has 0 fully saturated rings. The number of phenols is 1. The number of aromatic hydroxyl groups is 1. The summed E-state index contributed by atoms with van der Waals surface area (Å²) in [4.78, 5) is 0. The number of nitrogens with zero attached hydrogens (tertiary/aromatic N) is 1. The summed E-state index contributed by atoms with van der Waals surface area (Å²) in [6.45, 7) is 2.58. The van der Waals surface area contributed by atoms with Crippen LogP contribution in [0.3, 0.4) is 0 Å². The van der Waals surface area contributed by atoms with Gasteiger partial charge in [0.1, 0.15) is 5.75 Å². The predicted molar refractivity (Wildman–Crippen MR) is 159 cm³/mol. The molecule has 0 saturated heterocycles. The van der Waals surface area contributed by atoms with Gasteiger partial charge >= 0.3 is 0 Å². The summed E-state index contributed by atoms with van der Waals surface area (Å²) < 4.78 is 28.1. The van der Waals surface area contributed by atoms with E-state index in [0.717, 1.165) is 34.2 Å². The van der Waals surface area contributed by atoms with E-state index < -0.39 is 10.0 Å². The van der Waals surface area contributed by atoms with Crippen molar-refractivity contribution in [1.82, 2.24) is 4.31 Å². The molecular weight excluding hydrogens is 502 g/mol. The van der Waals surface area contributed by atoms with E-state index in [-0.39, 0.29) is 18.8 Å². The zero-order valence-corrected chi connectivity index (χ0v) is 22.9. The number of aryl methyl sites for hydroxylation is 1. The molecular formula is C34H33NO3S. The zero-order valence-electron chi connectivity index (χ0n) is 22.1. The number of hydrogen-bond acceptors (Lipinski definition) is 3. The van der Waals surface area contributed by atoms with Gasteiger partial charge in [0.05, 0.1) is 0 Å². The molecule has 0 amide bonds. The third-order valence-corrected chi connectivity index (χ3v) is 7.78. The maximum absolute atomic E-state index is 13.4. The summed E-state index contributed by atoms with van der Waals surface area (Å²) in [5, 5.41) is 10.9. The van der Waals surface area contributed by atoms with E-state index in [1.807, 2.05) is 54.6 Å². The summed E-state index contributed by atoms with van der Waals surface area (Å²) in [6, 6.07) is 32.0. The highest BCUT2D eigenvalue weighted by Gasteiger charge is 2.20. The Balaban J connectivity index is 1.49. The average molecular weight is 536 g/mol. The molecule has 5 heteroatoms. The molecule has 0 aliphatic rings. The second kappa shape index (κ2) is 13.6. The molecule has 1 N–H and O–H groups in total. The van der Waals surface area contributed by atoms with E-state index in [0.29, 0.717) is 0 Å². The van der Waals surface area contributed by atoms with Crippen LogP contribution in [0.1, 0.15) is 53.1 Å². The summed E-state index contributed by atoms with van der Waals surface area (Å²) >= 11 is 0. The third-order valence-electron chi connectivity index (χ3n) is 6.32. The van der Waals surface area contributed by atoms with Crippen molar-refractivity contribution < 1.29 is 13.5 Å². The Kier molecular flexibility index (Phi) is 9.74. The number of benzene rings is 4. The fraction of sp³-hybridized carbons (Fsp3) is 0.176. The highest BCUT2D eigenvalue weighted by molar-refractivity contribution is 7.92. The topological polar surface area (TPSA) is 57.6 Å². The molecule has 0 radical (unpaired) electrons. The van der Waals surface area contributed by atoms with Crippen molar-refractivity contribution in [3.05, 3.63) is 142 Å². The molecule has 4 rings (SSSR count). The fourth-order valence-electron chi connectivity index (χ4n) is 4.03. The minimum absolute atomic E-state index is 0.140. The van der Waals surface area contributed by atoms with Gasteiger partial charge in [0.2, 0.25) is 10.0 Å². The number of unbranched alkanes of at least 4 members (excludes halogenated alkanes) is 1. The minimum atomic E-state index is -3.73. The van der Waals surface area contributed by atoms with Crippen LogP contribution >= 0.6 is 0 Å². The average Bonchev–Trinajstić information content (AvgIpc) is 2.96. The maximum Gasteiger partial charge on any atom is 0.236 e. The van der Waals surface area contributed by atoms with Gasteiger partial charge in [-0.05, 0) is 77.6 Å². The Hall–Kier alpha value is -4.11. The van der Waals surface area contributed by atoms with Crippen molar-refractivity contribution in [2.75, 3.05) is 0 Å². The van der Waals surface area contributed by atoms with Crippen LogP contribution in [0.4, 0.5) is 0 Å². The van der Waals surface area contributed by atoms with Crippen LogP contribution < -0.4 is 0 Å². The maximum atomic E-state index is 13.4. The molecule has 4 aromatic rings. The smallest absolute Gasteiger partial charge is 0.236 e. The van der Waals surface area contributed by atoms with Gasteiger partial charge < -0.3 is 5.11 Å². The molecule has 0 bridgehead atoms. The highest BCUT2D eigenvalue weighted by Crippen LogP contribution is 2.19. The van der Waals surface area contributed by atoms with Crippen LogP contribution in [0.15, 0.2) is 109 Å². The summed E-state index contributed by atoms with van der Waals surface area (Å²) in [6.07, 6.45) is 5.07. The van der Waals surface area contributed by atoms with Crippen LogP contribution in [-0.2, 0) is 29.5 Å².